The van der Waals surface area contributed by atoms with Crippen molar-refractivity contribution in [3.63, 3.8) is 0 Å². The molecule has 0 aromatic heterocycles. The Balaban J connectivity index is 1.73. The lowest BCUT2D eigenvalue weighted by molar-refractivity contribution is 0.102. The highest BCUT2D eigenvalue weighted by molar-refractivity contribution is 6.04. The molecule has 2 aromatic carbocycles. The number of ether oxygens (including phenoxy) is 2. The van der Waals surface area contributed by atoms with Crippen LogP contribution in [0.15, 0.2) is 42.5 Å². The average Bonchev–Trinajstić information content (AvgIpc) is 2.66. The van der Waals surface area contributed by atoms with Crippen molar-refractivity contribution in [1.29, 1.82) is 0 Å². The van der Waals surface area contributed by atoms with Gasteiger partial charge in [-0.25, -0.2) is 4.79 Å². The Kier molecular flexibility index (Phi) is 4.88. The van der Waals surface area contributed by atoms with Crippen LogP contribution >= 0.6 is 0 Å². The van der Waals surface area contributed by atoms with Gasteiger partial charge in [0.25, 0.3) is 5.91 Å². The van der Waals surface area contributed by atoms with E-state index in [-0.39, 0.29) is 12.0 Å². The zero-order chi connectivity index (χ0) is 17.8. The molecule has 0 radical (unpaired) electrons. The number of hydrogen-bond donors (Lipinski definition) is 1. The minimum absolute atomic E-state index is 0.191. The smallest absolute Gasteiger partial charge is 0.409 e. The summed E-state index contributed by atoms with van der Waals surface area (Å²) in [5.41, 5.74) is 3.45. The van der Waals surface area contributed by atoms with Gasteiger partial charge in [0, 0.05) is 24.3 Å². The van der Waals surface area contributed by atoms with E-state index in [1.165, 1.54) is 12.7 Å². The molecule has 130 valence electrons. The van der Waals surface area contributed by atoms with Crippen molar-refractivity contribution in [3.05, 3.63) is 59.2 Å². The monoisotopic (exact) mass is 340 g/mol. The largest absolute Gasteiger partial charge is 0.497 e. The molecule has 0 unspecified atom stereocenters. The molecule has 0 bridgehead atoms. The first kappa shape index (κ1) is 16.8. The summed E-state index contributed by atoms with van der Waals surface area (Å²) in [6.45, 7) is 1.12. The molecule has 0 spiro atoms. The number of nitrogens with one attached hydrogen (secondary N) is 1. The predicted octanol–water partition coefficient (Wildman–Crippen LogP) is 3.07. The highest BCUT2D eigenvalue weighted by Crippen LogP contribution is 2.23. The third kappa shape index (κ3) is 3.74. The molecule has 25 heavy (non-hydrogen) atoms. The molecule has 0 atom stereocenters. The lowest BCUT2D eigenvalue weighted by Crippen LogP contribution is -2.35. The molecule has 6 nitrogen and oxygen atoms in total. The molecule has 3 rings (SSSR count). The van der Waals surface area contributed by atoms with Crippen LogP contribution in [-0.4, -0.2) is 37.7 Å². The van der Waals surface area contributed by atoms with Gasteiger partial charge in [0.1, 0.15) is 5.75 Å². The fourth-order valence-electron chi connectivity index (χ4n) is 2.87. The molecular formula is C19H20N2O4. The summed E-state index contributed by atoms with van der Waals surface area (Å²) in [6.07, 6.45) is 0.440. The minimum atomic E-state index is -0.335. The minimum Gasteiger partial charge on any atom is -0.497 e. The average molecular weight is 340 g/mol. The zero-order valence-electron chi connectivity index (χ0n) is 14.2. The van der Waals surface area contributed by atoms with E-state index in [0.29, 0.717) is 30.1 Å². The third-order valence-corrected chi connectivity index (χ3v) is 4.26. The van der Waals surface area contributed by atoms with Crippen molar-refractivity contribution in [2.45, 2.75) is 13.0 Å². The Morgan fingerprint density at radius 2 is 1.80 bits per heavy atom. The Morgan fingerprint density at radius 1 is 1.04 bits per heavy atom. The van der Waals surface area contributed by atoms with E-state index in [1.807, 2.05) is 18.2 Å². The Labute approximate surface area is 146 Å². The number of amides is 2. The van der Waals surface area contributed by atoms with Crippen LogP contribution in [0.1, 0.15) is 21.5 Å². The molecule has 0 saturated heterocycles. The van der Waals surface area contributed by atoms with E-state index in [9.17, 15) is 9.59 Å². The summed E-state index contributed by atoms with van der Waals surface area (Å²) >= 11 is 0. The lowest BCUT2D eigenvalue weighted by atomic mass is 9.99. The van der Waals surface area contributed by atoms with Gasteiger partial charge in [0.15, 0.2) is 0 Å². The van der Waals surface area contributed by atoms with Crippen LogP contribution in [0.3, 0.4) is 0 Å². The van der Waals surface area contributed by atoms with Crippen LogP contribution in [0.4, 0.5) is 10.5 Å². The van der Waals surface area contributed by atoms with Gasteiger partial charge in [0.05, 0.1) is 14.2 Å². The van der Waals surface area contributed by atoms with Gasteiger partial charge in [-0.2, -0.15) is 0 Å². The van der Waals surface area contributed by atoms with Crippen molar-refractivity contribution >= 4 is 17.7 Å². The van der Waals surface area contributed by atoms with Gasteiger partial charge in [-0.3, -0.25) is 4.79 Å². The van der Waals surface area contributed by atoms with Crippen molar-refractivity contribution < 1.29 is 19.1 Å². The molecule has 0 saturated carbocycles. The molecule has 6 heteroatoms. The number of fused-ring (bicyclic) bond motifs is 1. The second-order valence-electron chi connectivity index (χ2n) is 5.81. The Morgan fingerprint density at radius 3 is 2.48 bits per heavy atom. The van der Waals surface area contributed by atoms with E-state index < -0.39 is 0 Å². The molecular weight excluding hydrogens is 320 g/mol. The first-order chi connectivity index (χ1) is 12.1. The van der Waals surface area contributed by atoms with Crippen molar-refractivity contribution in [3.8, 4) is 5.75 Å². The van der Waals surface area contributed by atoms with Gasteiger partial charge in [-0.05, 0) is 53.9 Å². The maximum atomic E-state index is 12.4. The summed E-state index contributed by atoms with van der Waals surface area (Å²) in [4.78, 5) is 25.7. The summed E-state index contributed by atoms with van der Waals surface area (Å²) < 4.78 is 9.88. The van der Waals surface area contributed by atoms with E-state index in [2.05, 4.69) is 5.32 Å². The van der Waals surface area contributed by atoms with Crippen molar-refractivity contribution in [2.75, 3.05) is 26.1 Å². The molecule has 1 heterocycles. The van der Waals surface area contributed by atoms with Crippen LogP contribution in [0, 0.1) is 0 Å². The van der Waals surface area contributed by atoms with Crippen LogP contribution in [-0.2, 0) is 17.7 Å². The fraction of sp³-hybridized carbons (Fsp3) is 0.263. The number of rotatable bonds is 3. The second-order valence-corrected chi connectivity index (χ2v) is 5.81. The molecule has 1 aliphatic heterocycles. The number of nitrogens with zero attached hydrogens (tertiary/aromatic N) is 1. The van der Waals surface area contributed by atoms with Crippen LogP contribution < -0.4 is 10.1 Å². The van der Waals surface area contributed by atoms with E-state index in [4.69, 9.17) is 9.47 Å². The second kappa shape index (κ2) is 7.25. The van der Waals surface area contributed by atoms with E-state index in [0.717, 1.165) is 12.0 Å². The molecule has 1 aliphatic rings. The van der Waals surface area contributed by atoms with Crippen LogP contribution in [0.25, 0.3) is 0 Å². The first-order valence-electron chi connectivity index (χ1n) is 8.01. The van der Waals surface area contributed by atoms with Gasteiger partial charge in [-0.15, -0.1) is 0 Å². The van der Waals surface area contributed by atoms with Crippen molar-refractivity contribution in [2.24, 2.45) is 0 Å². The maximum Gasteiger partial charge on any atom is 0.409 e. The summed E-state index contributed by atoms with van der Waals surface area (Å²) in [7, 11) is 2.96. The van der Waals surface area contributed by atoms with Gasteiger partial charge >= 0.3 is 6.09 Å². The van der Waals surface area contributed by atoms with Crippen LogP contribution in [0.2, 0.25) is 0 Å². The molecule has 0 aliphatic carbocycles. The summed E-state index contributed by atoms with van der Waals surface area (Å²) in [5, 5.41) is 2.89. The Bertz CT molecular complexity index is 787. The molecule has 1 N–H and O–H groups in total. The summed E-state index contributed by atoms with van der Waals surface area (Å²) in [6, 6.07) is 12.7. The van der Waals surface area contributed by atoms with Gasteiger partial charge in [-0.1, -0.05) is 6.07 Å². The molecule has 0 fully saturated rings. The number of benzene rings is 2. The quantitative estimate of drug-likeness (QED) is 0.932. The maximum absolute atomic E-state index is 12.4. The topological polar surface area (TPSA) is 67.9 Å². The number of carbonyl (C=O) groups excluding carboxylic acids is 2. The highest BCUT2D eigenvalue weighted by atomic mass is 16.5. The molecule has 2 aromatic rings. The standard InChI is InChI=1S/C19H20N2O4/c1-24-17-7-4-14(5-8-17)18(22)20-16-6-3-13-9-10-21(19(23)25-2)12-15(13)11-16/h3-8,11H,9-10,12H2,1-2H3,(H,20,22). The van der Waals surface area contributed by atoms with Crippen molar-refractivity contribution in [1.82, 2.24) is 4.90 Å². The fourth-order valence-corrected chi connectivity index (χ4v) is 2.87. The lowest BCUT2D eigenvalue weighted by Gasteiger charge is -2.28. The first-order valence-corrected chi connectivity index (χ1v) is 8.01. The van der Waals surface area contributed by atoms with Gasteiger partial charge in [0.2, 0.25) is 0 Å². The summed E-state index contributed by atoms with van der Waals surface area (Å²) in [5.74, 6) is 0.511. The number of methoxy groups -OCH3 is 2. The van der Waals surface area contributed by atoms with Crippen LogP contribution in [0.5, 0.6) is 5.75 Å². The highest BCUT2D eigenvalue weighted by Gasteiger charge is 2.21. The number of carbonyl (C=O) groups is 2. The van der Waals surface area contributed by atoms with E-state index in [1.54, 1.807) is 36.3 Å². The Hall–Kier alpha value is -3.02. The number of hydrogen-bond acceptors (Lipinski definition) is 4. The number of anilines is 1. The normalized spacial score (nSPS) is 13.0. The van der Waals surface area contributed by atoms with E-state index >= 15 is 0 Å². The van der Waals surface area contributed by atoms with Gasteiger partial charge < -0.3 is 19.7 Å². The zero-order valence-corrected chi connectivity index (χ0v) is 14.2. The SMILES string of the molecule is COC(=O)N1CCc2ccc(NC(=O)c3ccc(OC)cc3)cc2C1. The molecule has 2 amide bonds. The predicted molar refractivity (Wildman–Crippen MR) is 93.9 cm³/mol. The third-order valence-electron chi connectivity index (χ3n) is 4.26.